The van der Waals surface area contributed by atoms with Gasteiger partial charge in [0.05, 0.1) is 6.10 Å². The minimum absolute atomic E-state index is 0.315. The van der Waals surface area contributed by atoms with Crippen molar-refractivity contribution >= 4 is 11.6 Å². The molecule has 1 aromatic rings. The third kappa shape index (κ3) is 1.59. The number of aliphatic hydroxyl groups is 1. The summed E-state index contributed by atoms with van der Waals surface area (Å²) in [5.74, 6) is 0.552. The van der Waals surface area contributed by atoms with E-state index in [0.29, 0.717) is 10.9 Å². The van der Waals surface area contributed by atoms with Gasteiger partial charge in [-0.2, -0.15) is 0 Å². The molecule has 0 aliphatic heterocycles. The summed E-state index contributed by atoms with van der Waals surface area (Å²) in [6.45, 7) is 2.19. The van der Waals surface area contributed by atoms with Gasteiger partial charge in [-0.25, -0.2) is 0 Å². The summed E-state index contributed by atoms with van der Waals surface area (Å²) in [6, 6.07) is 5.82. The monoisotopic (exact) mass is 196 g/mol. The summed E-state index contributed by atoms with van der Waals surface area (Å²) >= 11 is 5.88. The van der Waals surface area contributed by atoms with Crippen LogP contribution in [0.4, 0.5) is 0 Å². The van der Waals surface area contributed by atoms with Crippen LogP contribution in [0.2, 0.25) is 5.02 Å². The molecule has 1 nitrogen and oxygen atoms in total. The third-order valence-corrected chi connectivity index (χ3v) is 3.05. The van der Waals surface area contributed by atoms with Crippen molar-refractivity contribution in [3.63, 3.8) is 0 Å². The molecule has 0 radical (unpaired) electrons. The van der Waals surface area contributed by atoms with Gasteiger partial charge < -0.3 is 5.11 Å². The molecule has 0 amide bonds. The Morgan fingerprint density at radius 2 is 2.08 bits per heavy atom. The van der Waals surface area contributed by atoms with Crippen LogP contribution >= 0.6 is 11.6 Å². The third-order valence-electron chi connectivity index (χ3n) is 2.81. The smallest absolute Gasteiger partial charge is 0.0793 e. The van der Waals surface area contributed by atoms with Crippen molar-refractivity contribution in [1.82, 2.24) is 0 Å². The molecule has 0 heterocycles. The maximum Gasteiger partial charge on any atom is 0.0793 e. The molecule has 1 unspecified atom stereocenters. The molecule has 0 fully saturated rings. The van der Waals surface area contributed by atoms with Crippen molar-refractivity contribution in [2.45, 2.75) is 31.8 Å². The molecule has 2 atom stereocenters. The van der Waals surface area contributed by atoms with Crippen molar-refractivity contribution in [1.29, 1.82) is 0 Å². The molecule has 1 N–H and O–H groups in total. The molecule has 2 rings (SSSR count). The van der Waals surface area contributed by atoms with Crippen LogP contribution in [-0.4, -0.2) is 5.11 Å². The lowest BCUT2D eigenvalue weighted by Crippen LogP contribution is -2.11. The number of aliphatic hydroxyl groups excluding tert-OH is 1. The van der Waals surface area contributed by atoms with Gasteiger partial charge in [-0.05, 0) is 42.0 Å². The van der Waals surface area contributed by atoms with E-state index >= 15 is 0 Å². The van der Waals surface area contributed by atoms with E-state index in [2.05, 4.69) is 6.92 Å². The lowest BCUT2D eigenvalue weighted by molar-refractivity contribution is 0.151. The Kier molecular flexibility index (Phi) is 2.31. The summed E-state index contributed by atoms with van der Waals surface area (Å²) in [7, 11) is 0. The SMILES string of the molecule is CC1CC[C@H](O)c2cc(Cl)ccc21. The quantitative estimate of drug-likeness (QED) is 0.675. The Labute approximate surface area is 83.3 Å². The molecule has 0 aromatic heterocycles. The fraction of sp³-hybridized carbons (Fsp3) is 0.455. The van der Waals surface area contributed by atoms with Crippen molar-refractivity contribution < 1.29 is 5.11 Å². The van der Waals surface area contributed by atoms with Gasteiger partial charge in [-0.15, -0.1) is 0 Å². The van der Waals surface area contributed by atoms with Crippen LogP contribution in [0.5, 0.6) is 0 Å². The largest absolute Gasteiger partial charge is 0.388 e. The Hall–Kier alpha value is -0.530. The molecule has 0 saturated carbocycles. The Morgan fingerprint density at radius 3 is 2.85 bits per heavy atom. The van der Waals surface area contributed by atoms with Gasteiger partial charge in [0.15, 0.2) is 0 Å². The topological polar surface area (TPSA) is 20.2 Å². The van der Waals surface area contributed by atoms with Crippen LogP contribution in [0, 0.1) is 0 Å². The minimum Gasteiger partial charge on any atom is -0.388 e. The molecule has 0 spiro atoms. The standard InChI is InChI=1S/C11H13ClO/c1-7-2-5-11(13)10-6-8(12)3-4-9(7)10/h3-4,6-7,11,13H,2,5H2,1H3/t7?,11-/m0/s1. The van der Waals surface area contributed by atoms with E-state index in [1.807, 2.05) is 18.2 Å². The first-order valence-corrected chi connectivity index (χ1v) is 5.03. The Balaban J connectivity index is 2.50. The van der Waals surface area contributed by atoms with E-state index in [1.54, 1.807) is 0 Å². The minimum atomic E-state index is -0.315. The van der Waals surface area contributed by atoms with Gasteiger partial charge in [0.25, 0.3) is 0 Å². The fourth-order valence-corrected chi connectivity index (χ4v) is 2.18. The Morgan fingerprint density at radius 1 is 1.31 bits per heavy atom. The lowest BCUT2D eigenvalue weighted by atomic mass is 9.82. The van der Waals surface area contributed by atoms with E-state index in [4.69, 9.17) is 11.6 Å². The predicted molar refractivity (Wildman–Crippen MR) is 54.1 cm³/mol. The van der Waals surface area contributed by atoms with E-state index in [9.17, 15) is 5.11 Å². The summed E-state index contributed by atoms with van der Waals surface area (Å²) in [5, 5.41) is 10.5. The fourth-order valence-electron chi connectivity index (χ4n) is 2.00. The first-order valence-electron chi connectivity index (χ1n) is 4.66. The molecule has 1 aliphatic carbocycles. The molecule has 70 valence electrons. The van der Waals surface area contributed by atoms with E-state index in [0.717, 1.165) is 18.4 Å². The molecule has 0 saturated heterocycles. The average Bonchev–Trinajstić information content (AvgIpc) is 2.12. The summed E-state index contributed by atoms with van der Waals surface area (Å²) in [5.41, 5.74) is 2.27. The van der Waals surface area contributed by atoms with Crippen LogP contribution in [0.3, 0.4) is 0 Å². The van der Waals surface area contributed by atoms with Crippen molar-refractivity contribution in [3.05, 3.63) is 34.3 Å². The van der Waals surface area contributed by atoms with Crippen LogP contribution in [0.1, 0.15) is 42.9 Å². The number of benzene rings is 1. The highest BCUT2D eigenvalue weighted by Gasteiger charge is 2.22. The van der Waals surface area contributed by atoms with Crippen LogP contribution < -0.4 is 0 Å². The van der Waals surface area contributed by atoms with E-state index < -0.39 is 0 Å². The molecule has 1 aliphatic rings. The summed E-state index contributed by atoms with van der Waals surface area (Å²) in [4.78, 5) is 0. The van der Waals surface area contributed by atoms with E-state index in [1.165, 1.54) is 5.56 Å². The van der Waals surface area contributed by atoms with Crippen LogP contribution in [0.15, 0.2) is 18.2 Å². The Bertz CT molecular complexity index is 322. The number of halogens is 1. The van der Waals surface area contributed by atoms with Gasteiger partial charge >= 0.3 is 0 Å². The molecule has 13 heavy (non-hydrogen) atoms. The highest BCUT2D eigenvalue weighted by Crippen LogP contribution is 2.38. The maximum absolute atomic E-state index is 9.74. The van der Waals surface area contributed by atoms with Gasteiger partial charge in [0, 0.05) is 5.02 Å². The molecular formula is C11H13ClO. The van der Waals surface area contributed by atoms with Gasteiger partial charge in [-0.3, -0.25) is 0 Å². The summed E-state index contributed by atoms with van der Waals surface area (Å²) in [6.07, 6.45) is 1.61. The lowest BCUT2D eigenvalue weighted by Gasteiger charge is -2.26. The first kappa shape index (κ1) is 9.04. The van der Waals surface area contributed by atoms with Crippen LogP contribution in [0.25, 0.3) is 0 Å². The van der Waals surface area contributed by atoms with E-state index in [-0.39, 0.29) is 6.10 Å². The highest BCUT2D eigenvalue weighted by molar-refractivity contribution is 6.30. The average molecular weight is 197 g/mol. The number of rotatable bonds is 0. The molecular weight excluding hydrogens is 184 g/mol. The highest BCUT2D eigenvalue weighted by atomic mass is 35.5. The normalized spacial score (nSPS) is 27.0. The van der Waals surface area contributed by atoms with Gasteiger partial charge in [-0.1, -0.05) is 24.6 Å². The van der Waals surface area contributed by atoms with Crippen LogP contribution in [-0.2, 0) is 0 Å². The second-order valence-corrected chi connectivity index (χ2v) is 4.20. The maximum atomic E-state index is 9.74. The first-order chi connectivity index (χ1) is 6.18. The zero-order chi connectivity index (χ0) is 9.42. The molecule has 1 aromatic carbocycles. The van der Waals surface area contributed by atoms with Crippen molar-refractivity contribution in [2.24, 2.45) is 0 Å². The molecule has 2 heteroatoms. The summed E-state index contributed by atoms with van der Waals surface area (Å²) < 4.78 is 0. The van der Waals surface area contributed by atoms with Gasteiger partial charge in [0.2, 0.25) is 0 Å². The second kappa shape index (κ2) is 3.32. The van der Waals surface area contributed by atoms with Crippen molar-refractivity contribution in [2.75, 3.05) is 0 Å². The zero-order valence-electron chi connectivity index (χ0n) is 7.63. The molecule has 0 bridgehead atoms. The van der Waals surface area contributed by atoms with Crippen molar-refractivity contribution in [3.8, 4) is 0 Å². The second-order valence-electron chi connectivity index (χ2n) is 3.77. The number of hydrogen-bond acceptors (Lipinski definition) is 1. The number of fused-ring (bicyclic) bond motifs is 1. The van der Waals surface area contributed by atoms with Gasteiger partial charge in [0.1, 0.15) is 0 Å². The zero-order valence-corrected chi connectivity index (χ0v) is 8.38. The number of hydrogen-bond donors (Lipinski definition) is 1. The predicted octanol–water partition coefficient (Wildman–Crippen LogP) is 3.27.